The van der Waals surface area contributed by atoms with Crippen molar-refractivity contribution in [1.29, 1.82) is 0 Å². The second kappa shape index (κ2) is 5.72. The molecule has 2 aliphatic rings. The van der Waals surface area contributed by atoms with Gasteiger partial charge in [-0.2, -0.15) is 0 Å². The Bertz CT molecular complexity index is 315. The smallest absolute Gasteiger partial charge is 0.306 e. The predicted octanol–water partition coefficient (Wildman–Crippen LogP) is 2.14. The quantitative estimate of drug-likeness (QED) is 0.784. The first-order valence-electron chi connectivity index (χ1n) is 7.11. The minimum Gasteiger partial charge on any atom is -0.481 e. The van der Waals surface area contributed by atoms with Crippen LogP contribution in [0.1, 0.15) is 45.4 Å². The van der Waals surface area contributed by atoms with E-state index in [1.54, 1.807) is 6.92 Å². The van der Waals surface area contributed by atoms with E-state index in [9.17, 15) is 9.59 Å². The van der Waals surface area contributed by atoms with Crippen molar-refractivity contribution in [2.24, 2.45) is 17.8 Å². The standard InChI is InChI=1S/C14H23NO3/c1-10(14(17)18)12-8-15(9-12)13(16)11-6-4-2-3-5-7-11/h10-12H,2-9H2,1H3,(H,17,18). The molecule has 4 nitrogen and oxygen atoms in total. The lowest BCUT2D eigenvalue weighted by molar-refractivity contribution is -0.152. The van der Waals surface area contributed by atoms with Crippen LogP contribution in [0.25, 0.3) is 0 Å². The Morgan fingerprint density at radius 3 is 2.17 bits per heavy atom. The van der Waals surface area contributed by atoms with Crippen LogP contribution in [0.5, 0.6) is 0 Å². The third kappa shape index (κ3) is 2.85. The lowest BCUT2D eigenvalue weighted by Crippen LogP contribution is -2.55. The summed E-state index contributed by atoms with van der Waals surface area (Å²) in [4.78, 5) is 25.0. The van der Waals surface area contributed by atoms with Crippen LogP contribution in [0.3, 0.4) is 0 Å². The van der Waals surface area contributed by atoms with Crippen LogP contribution in [0.4, 0.5) is 0 Å². The molecule has 0 spiro atoms. The van der Waals surface area contributed by atoms with E-state index >= 15 is 0 Å². The summed E-state index contributed by atoms with van der Waals surface area (Å²) in [6.45, 7) is 3.02. The van der Waals surface area contributed by atoms with E-state index in [0.29, 0.717) is 13.1 Å². The molecule has 2 rings (SSSR count). The Morgan fingerprint density at radius 1 is 1.11 bits per heavy atom. The number of rotatable bonds is 3. The predicted molar refractivity (Wildman–Crippen MR) is 68.1 cm³/mol. The topological polar surface area (TPSA) is 57.6 Å². The van der Waals surface area contributed by atoms with E-state index in [1.165, 1.54) is 25.7 Å². The molecule has 0 aromatic heterocycles. The van der Waals surface area contributed by atoms with Crippen molar-refractivity contribution in [2.45, 2.75) is 45.4 Å². The highest BCUT2D eigenvalue weighted by molar-refractivity contribution is 5.80. The van der Waals surface area contributed by atoms with Gasteiger partial charge in [-0.3, -0.25) is 9.59 Å². The third-order valence-electron chi connectivity index (χ3n) is 4.52. The summed E-state index contributed by atoms with van der Waals surface area (Å²) in [6, 6.07) is 0. The molecule has 1 amide bonds. The lowest BCUT2D eigenvalue weighted by atomic mass is 9.85. The second-order valence-corrected chi connectivity index (χ2v) is 5.82. The maximum Gasteiger partial charge on any atom is 0.306 e. The number of amides is 1. The fraction of sp³-hybridized carbons (Fsp3) is 0.857. The SMILES string of the molecule is CC(C(=O)O)C1CN(C(=O)C2CCCCCC2)C1. The molecule has 1 N–H and O–H groups in total. The molecule has 102 valence electrons. The van der Waals surface area contributed by atoms with Gasteiger partial charge in [0.05, 0.1) is 5.92 Å². The number of hydrogen-bond donors (Lipinski definition) is 1. The molecule has 1 unspecified atom stereocenters. The fourth-order valence-corrected chi connectivity index (χ4v) is 3.00. The van der Waals surface area contributed by atoms with Crippen LogP contribution >= 0.6 is 0 Å². The van der Waals surface area contributed by atoms with Gasteiger partial charge in [0.25, 0.3) is 0 Å². The van der Waals surface area contributed by atoms with Gasteiger partial charge in [0.15, 0.2) is 0 Å². The van der Waals surface area contributed by atoms with Gasteiger partial charge in [-0.1, -0.05) is 32.6 Å². The Morgan fingerprint density at radius 2 is 1.67 bits per heavy atom. The van der Waals surface area contributed by atoms with Crippen molar-refractivity contribution in [3.8, 4) is 0 Å². The fourth-order valence-electron chi connectivity index (χ4n) is 3.00. The van der Waals surface area contributed by atoms with E-state index in [1.807, 2.05) is 4.90 Å². The minimum absolute atomic E-state index is 0.150. The number of carbonyl (C=O) groups is 2. The molecule has 0 bridgehead atoms. The molecular formula is C14H23NO3. The molecule has 0 aromatic rings. The largest absolute Gasteiger partial charge is 0.481 e. The van der Waals surface area contributed by atoms with Crippen LogP contribution in [0.15, 0.2) is 0 Å². The normalized spacial score (nSPS) is 24.2. The van der Waals surface area contributed by atoms with Gasteiger partial charge in [0.1, 0.15) is 0 Å². The Hall–Kier alpha value is -1.06. The van der Waals surface area contributed by atoms with E-state index in [2.05, 4.69) is 0 Å². The molecule has 1 heterocycles. The van der Waals surface area contributed by atoms with Crippen molar-refractivity contribution in [3.05, 3.63) is 0 Å². The number of likely N-dealkylation sites (tertiary alicyclic amines) is 1. The third-order valence-corrected chi connectivity index (χ3v) is 4.52. The van der Waals surface area contributed by atoms with E-state index in [0.717, 1.165) is 12.8 Å². The van der Waals surface area contributed by atoms with Crippen LogP contribution in [0.2, 0.25) is 0 Å². The highest BCUT2D eigenvalue weighted by Crippen LogP contribution is 2.30. The van der Waals surface area contributed by atoms with Gasteiger partial charge >= 0.3 is 5.97 Å². The van der Waals surface area contributed by atoms with Crippen molar-refractivity contribution >= 4 is 11.9 Å². The second-order valence-electron chi connectivity index (χ2n) is 5.82. The molecular weight excluding hydrogens is 230 g/mol. The zero-order valence-electron chi connectivity index (χ0n) is 11.1. The maximum absolute atomic E-state index is 12.2. The Balaban J connectivity index is 1.80. The Kier molecular flexibility index (Phi) is 4.25. The molecule has 1 atom stereocenters. The summed E-state index contributed by atoms with van der Waals surface area (Å²) in [7, 11) is 0. The molecule has 1 aliphatic carbocycles. The first kappa shape index (κ1) is 13.4. The molecule has 0 aromatic carbocycles. The lowest BCUT2D eigenvalue weighted by Gasteiger charge is -2.42. The maximum atomic E-state index is 12.2. The summed E-state index contributed by atoms with van der Waals surface area (Å²) in [5.74, 6) is -0.457. The number of nitrogens with zero attached hydrogens (tertiary/aromatic N) is 1. The van der Waals surface area contributed by atoms with Crippen LogP contribution in [-0.4, -0.2) is 35.0 Å². The molecule has 1 aliphatic heterocycles. The summed E-state index contributed by atoms with van der Waals surface area (Å²) in [5, 5.41) is 8.92. The minimum atomic E-state index is -0.749. The molecule has 2 fully saturated rings. The van der Waals surface area contributed by atoms with E-state index in [4.69, 9.17) is 5.11 Å². The van der Waals surface area contributed by atoms with Crippen LogP contribution in [0, 0.1) is 17.8 Å². The van der Waals surface area contributed by atoms with Gasteiger partial charge in [0, 0.05) is 24.9 Å². The van der Waals surface area contributed by atoms with Crippen molar-refractivity contribution < 1.29 is 14.7 Å². The molecule has 0 radical (unpaired) electrons. The molecule has 18 heavy (non-hydrogen) atoms. The average molecular weight is 253 g/mol. The van der Waals surface area contributed by atoms with E-state index < -0.39 is 5.97 Å². The average Bonchev–Trinajstić information content (AvgIpc) is 2.54. The summed E-state index contributed by atoms with van der Waals surface area (Å²) < 4.78 is 0. The van der Waals surface area contributed by atoms with Crippen LogP contribution < -0.4 is 0 Å². The summed E-state index contributed by atoms with van der Waals surface area (Å²) in [6.07, 6.45) is 6.88. The monoisotopic (exact) mass is 253 g/mol. The first-order valence-corrected chi connectivity index (χ1v) is 7.11. The number of carboxylic acids is 1. The first-order chi connectivity index (χ1) is 8.59. The van der Waals surface area contributed by atoms with Gasteiger partial charge in [-0.05, 0) is 12.8 Å². The number of hydrogen-bond acceptors (Lipinski definition) is 2. The number of aliphatic carboxylic acids is 1. The molecule has 1 saturated heterocycles. The zero-order chi connectivity index (χ0) is 13.1. The molecule has 1 saturated carbocycles. The Labute approximate surface area is 108 Å². The van der Waals surface area contributed by atoms with Gasteiger partial charge in [0.2, 0.25) is 5.91 Å². The van der Waals surface area contributed by atoms with Gasteiger partial charge in [-0.25, -0.2) is 0 Å². The van der Waals surface area contributed by atoms with Crippen molar-refractivity contribution in [2.75, 3.05) is 13.1 Å². The number of carboxylic acid groups (broad SMARTS) is 1. The van der Waals surface area contributed by atoms with Crippen molar-refractivity contribution in [3.63, 3.8) is 0 Å². The highest BCUT2D eigenvalue weighted by atomic mass is 16.4. The zero-order valence-corrected chi connectivity index (χ0v) is 11.1. The van der Waals surface area contributed by atoms with E-state index in [-0.39, 0.29) is 23.7 Å². The van der Waals surface area contributed by atoms with Crippen molar-refractivity contribution in [1.82, 2.24) is 4.90 Å². The van der Waals surface area contributed by atoms with Gasteiger partial charge < -0.3 is 10.0 Å². The summed E-state index contributed by atoms with van der Waals surface area (Å²) in [5.41, 5.74) is 0. The number of carbonyl (C=O) groups excluding carboxylic acids is 1. The summed E-state index contributed by atoms with van der Waals surface area (Å²) >= 11 is 0. The highest BCUT2D eigenvalue weighted by Gasteiger charge is 2.39. The molecule has 4 heteroatoms. The van der Waals surface area contributed by atoms with Gasteiger partial charge in [-0.15, -0.1) is 0 Å². The van der Waals surface area contributed by atoms with Crippen LogP contribution in [-0.2, 0) is 9.59 Å².